The number of carbonyl (C=O) groups is 1. The van der Waals surface area contributed by atoms with Crippen LogP contribution >= 0.6 is 0 Å². The van der Waals surface area contributed by atoms with Crippen molar-refractivity contribution >= 4 is 5.91 Å². The van der Waals surface area contributed by atoms with E-state index in [1.54, 1.807) is 6.92 Å². The molecule has 0 fully saturated rings. The van der Waals surface area contributed by atoms with Gasteiger partial charge in [0.25, 0.3) is 0 Å². The van der Waals surface area contributed by atoms with E-state index in [-0.39, 0.29) is 6.61 Å². The molecule has 0 aromatic rings. The average molecular weight is 213 g/mol. The zero-order valence-corrected chi connectivity index (χ0v) is 8.36. The van der Waals surface area contributed by atoms with Crippen LogP contribution < -0.4 is 5.32 Å². The Morgan fingerprint density at radius 1 is 1.36 bits per heavy atom. The van der Waals surface area contributed by atoms with Crippen LogP contribution in [0.3, 0.4) is 0 Å². The molecular weight excluding hydrogens is 199 g/mol. The van der Waals surface area contributed by atoms with Crippen LogP contribution in [-0.2, 0) is 9.53 Å². The van der Waals surface area contributed by atoms with Gasteiger partial charge in [0.1, 0.15) is 0 Å². The minimum absolute atomic E-state index is 0.0469. The molecule has 84 valence electrons. The normalized spacial score (nSPS) is 12.7. The Kier molecular flexibility index (Phi) is 4.38. The maximum atomic E-state index is 11.8. The zero-order chi connectivity index (χ0) is 11.4. The van der Waals surface area contributed by atoms with E-state index in [9.17, 15) is 18.0 Å². The lowest BCUT2D eigenvalue weighted by Crippen LogP contribution is -2.51. The van der Waals surface area contributed by atoms with Crippen LogP contribution in [0.2, 0.25) is 0 Å². The molecule has 0 bridgehead atoms. The molecule has 0 aliphatic rings. The number of nitrogens with one attached hydrogen (secondary N) is 1. The predicted octanol–water partition coefficient (Wildman–Crippen LogP) is 1.48. The van der Waals surface area contributed by atoms with Crippen molar-refractivity contribution in [1.82, 2.24) is 5.32 Å². The van der Waals surface area contributed by atoms with Crippen LogP contribution in [0.25, 0.3) is 0 Å². The third-order valence-corrected chi connectivity index (χ3v) is 1.38. The van der Waals surface area contributed by atoms with Gasteiger partial charge in [-0.1, -0.05) is 0 Å². The van der Waals surface area contributed by atoms with E-state index in [1.807, 2.05) is 5.32 Å². The van der Waals surface area contributed by atoms with Crippen LogP contribution in [0.15, 0.2) is 0 Å². The van der Waals surface area contributed by atoms with Gasteiger partial charge < -0.3 is 10.1 Å². The number of rotatable bonds is 4. The quantitative estimate of drug-likeness (QED) is 0.768. The molecule has 3 nitrogen and oxygen atoms in total. The fraction of sp³-hybridized carbons (Fsp3) is 0.875. The fourth-order valence-corrected chi connectivity index (χ4v) is 0.772. The van der Waals surface area contributed by atoms with Crippen LogP contribution in [0.1, 0.15) is 20.8 Å². The van der Waals surface area contributed by atoms with E-state index in [0.29, 0.717) is 6.61 Å². The first-order chi connectivity index (χ1) is 6.19. The third kappa shape index (κ3) is 5.06. The minimum Gasteiger partial charge on any atom is -0.379 e. The topological polar surface area (TPSA) is 38.3 Å². The zero-order valence-electron chi connectivity index (χ0n) is 8.36. The van der Waals surface area contributed by atoms with Crippen LogP contribution in [0.5, 0.6) is 0 Å². The lowest BCUT2D eigenvalue weighted by Gasteiger charge is -2.26. The molecule has 0 saturated heterocycles. The minimum atomic E-state index is -4.84. The van der Waals surface area contributed by atoms with Crippen molar-refractivity contribution in [3.63, 3.8) is 0 Å². The number of hydrogen-bond donors (Lipinski definition) is 1. The summed E-state index contributed by atoms with van der Waals surface area (Å²) in [5, 5.41) is 1.84. The summed E-state index contributed by atoms with van der Waals surface area (Å²) in [5.41, 5.74) is -1.01. The fourth-order valence-electron chi connectivity index (χ4n) is 0.772. The van der Waals surface area contributed by atoms with Crippen molar-refractivity contribution < 1.29 is 22.7 Å². The van der Waals surface area contributed by atoms with Gasteiger partial charge in [-0.05, 0) is 20.8 Å². The van der Waals surface area contributed by atoms with Gasteiger partial charge in [-0.25, -0.2) is 0 Å². The number of carbonyl (C=O) groups excluding carboxylic acids is 1. The number of ether oxygens (including phenoxy) is 1. The van der Waals surface area contributed by atoms with Crippen molar-refractivity contribution in [3.8, 4) is 0 Å². The Bertz CT molecular complexity index is 201. The van der Waals surface area contributed by atoms with Gasteiger partial charge in [-0.3, -0.25) is 4.79 Å². The van der Waals surface area contributed by atoms with E-state index in [2.05, 4.69) is 0 Å². The molecule has 1 amide bonds. The lowest BCUT2D eigenvalue weighted by atomic mass is 10.1. The van der Waals surface area contributed by atoms with Gasteiger partial charge in [0.05, 0.1) is 12.1 Å². The molecule has 0 aromatic carbocycles. The van der Waals surface area contributed by atoms with E-state index < -0.39 is 17.6 Å². The first-order valence-corrected chi connectivity index (χ1v) is 4.16. The molecule has 0 radical (unpaired) electrons. The van der Waals surface area contributed by atoms with Gasteiger partial charge in [0.2, 0.25) is 0 Å². The second kappa shape index (κ2) is 4.63. The Morgan fingerprint density at radius 2 is 1.86 bits per heavy atom. The molecule has 0 unspecified atom stereocenters. The summed E-state index contributed by atoms with van der Waals surface area (Å²) in [5.74, 6) is -1.94. The Morgan fingerprint density at radius 3 is 2.21 bits per heavy atom. The maximum absolute atomic E-state index is 11.8. The Balaban J connectivity index is 4.15. The van der Waals surface area contributed by atoms with Crippen LogP contribution in [0, 0.1) is 0 Å². The second-order valence-electron chi connectivity index (χ2n) is 3.47. The highest BCUT2D eigenvalue weighted by Crippen LogP contribution is 2.16. The summed E-state index contributed by atoms with van der Waals surface area (Å²) in [6.07, 6.45) is -4.84. The molecule has 0 aliphatic carbocycles. The van der Waals surface area contributed by atoms with Crippen molar-refractivity contribution in [3.05, 3.63) is 0 Å². The van der Waals surface area contributed by atoms with E-state index in [1.165, 1.54) is 13.8 Å². The first kappa shape index (κ1) is 13.2. The van der Waals surface area contributed by atoms with E-state index in [0.717, 1.165) is 0 Å². The molecule has 0 heterocycles. The van der Waals surface area contributed by atoms with Crippen molar-refractivity contribution in [2.45, 2.75) is 32.5 Å². The molecule has 0 aliphatic heterocycles. The van der Waals surface area contributed by atoms with Crippen molar-refractivity contribution in [1.29, 1.82) is 0 Å². The summed E-state index contributed by atoms with van der Waals surface area (Å²) < 4.78 is 40.5. The van der Waals surface area contributed by atoms with E-state index >= 15 is 0 Å². The molecule has 1 N–H and O–H groups in total. The van der Waals surface area contributed by atoms with Gasteiger partial charge in [0, 0.05) is 6.61 Å². The molecule has 0 saturated carbocycles. The molecule has 14 heavy (non-hydrogen) atoms. The highest BCUT2D eigenvalue weighted by Gasteiger charge is 2.41. The first-order valence-electron chi connectivity index (χ1n) is 4.16. The monoisotopic (exact) mass is 213 g/mol. The van der Waals surface area contributed by atoms with Gasteiger partial charge in [0.15, 0.2) is 0 Å². The largest absolute Gasteiger partial charge is 0.471 e. The number of hydrogen-bond acceptors (Lipinski definition) is 2. The third-order valence-electron chi connectivity index (χ3n) is 1.38. The SMILES string of the molecule is CCOCC(C)(C)NC(=O)C(F)(F)F. The average Bonchev–Trinajstić information content (AvgIpc) is 1.98. The summed E-state index contributed by atoms with van der Waals surface area (Å²) in [7, 11) is 0. The van der Waals surface area contributed by atoms with Gasteiger partial charge in [-0.15, -0.1) is 0 Å². The smallest absolute Gasteiger partial charge is 0.379 e. The Labute approximate surface area is 80.6 Å². The van der Waals surface area contributed by atoms with E-state index in [4.69, 9.17) is 4.74 Å². The van der Waals surface area contributed by atoms with Crippen LogP contribution in [0.4, 0.5) is 13.2 Å². The second-order valence-corrected chi connectivity index (χ2v) is 3.47. The molecule has 0 spiro atoms. The molecule has 0 aromatic heterocycles. The molecule has 0 atom stereocenters. The summed E-state index contributed by atoms with van der Waals surface area (Å²) in [6, 6.07) is 0. The number of amides is 1. The summed E-state index contributed by atoms with van der Waals surface area (Å²) in [4.78, 5) is 10.6. The maximum Gasteiger partial charge on any atom is 0.471 e. The van der Waals surface area contributed by atoms with Crippen molar-refractivity contribution in [2.75, 3.05) is 13.2 Å². The molecule has 6 heteroatoms. The predicted molar refractivity (Wildman–Crippen MR) is 44.8 cm³/mol. The van der Waals surface area contributed by atoms with Gasteiger partial charge >= 0.3 is 12.1 Å². The highest BCUT2D eigenvalue weighted by atomic mass is 19.4. The van der Waals surface area contributed by atoms with Gasteiger partial charge in [-0.2, -0.15) is 13.2 Å². The molecular formula is C8H14F3NO2. The highest BCUT2D eigenvalue weighted by molar-refractivity contribution is 5.82. The number of alkyl halides is 3. The molecule has 0 rings (SSSR count). The number of halogens is 3. The Hall–Kier alpha value is -0.780. The van der Waals surface area contributed by atoms with Crippen LogP contribution in [-0.4, -0.2) is 30.8 Å². The van der Waals surface area contributed by atoms with Crippen molar-refractivity contribution in [2.24, 2.45) is 0 Å². The summed E-state index contributed by atoms with van der Waals surface area (Å²) >= 11 is 0. The summed E-state index contributed by atoms with van der Waals surface area (Å²) in [6.45, 7) is 5.09. The standard InChI is InChI=1S/C8H14F3NO2/c1-4-14-5-7(2,3)12-6(13)8(9,10)11/h4-5H2,1-3H3,(H,12,13). The lowest BCUT2D eigenvalue weighted by molar-refractivity contribution is -0.176.